The van der Waals surface area contributed by atoms with Gasteiger partial charge in [0.05, 0.1) is 33.0 Å². The van der Waals surface area contributed by atoms with Gasteiger partial charge in [-0.05, 0) is 24.3 Å². The van der Waals surface area contributed by atoms with Crippen molar-refractivity contribution >= 4 is 29.9 Å². The van der Waals surface area contributed by atoms with Crippen LogP contribution in [0.2, 0.25) is 0 Å². The molecule has 1 saturated heterocycles. The summed E-state index contributed by atoms with van der Waals surface area (Å²) >= 11 is 0. The molecule has 0 amide bonds. The molecule has 8 nitrogen and oxygen atoms in total. The molecule has 0 bridgehead atoms. The van der Waals surface area contributed by atoms with E-state index in [0.29, 0.717) is 19.8 Å². The van der Waals surface area contributed by atoms with Crippen LogP contribution in [0.25, 0.3) is 0 Å². The molecule has 0 spiro atoms. The number of hydrogen-bond donors (Lipinski definition) is 1. The molecule has 1 aliphatic heterocycles. The highest BCUT2D eigenvalue weighted by Gasteiger charge is 2.25. The standard InChI is InChI=1S/C19H27N5O3.HI/c1-20-19(21-8-10-26-17-6-4-16(25-3)5-7-17)24-9-11-27-18(14-24)15-12-22-23(2)13-15;/h4-7,12-13,18H,8-11,14H2,1-3H3,(H,20,21);1H. The summed E-state index contributed by atoms with van der Waals surface area (Å²) in [5, 5.41) is 7.59. The van der Waals surface area contributed by atoms with Crippen molar-refractivity contribution in [2.45, 2.75) is 6.10 Å². The minimum absolute atomic E-state index is 0. The molecule has 2 heterocycles. The lowest BCUT2D eigenvalue weighted by Crippen LogP contribution is -2.48. The van der Waals surface area contributed by atoms with Gasteiger partial charge < -0.3 is 24.4 Å². The molecule has 1 unspecified atom stereocenters. The zero-order valence-corrected chi connectivity index (χ0v) is 18.8. The molecular formula is C19H28IN5O3. The van der Waals surface area contributed by atoms with Crippen molar-refractivity contribution in [3.63, 3.8) is 0 Å². The zero-order valence-electron chi connectivity index (χ0n) is 16.5. The van der Waals surface area contributed by atoms with E-state index < -0.39 is 0 Å². The van der Waals surface area contributed by atoms with E-state index in [-0.39, 0.29) is 30.1 Å². The maximum atomic E-state index is 5.89. The monoisotopic (exact) mass is 501 g/mol. The number of hydrogen-bond acceptors (Lipinski definition) is 5. The second kappa shape index (κ2) is 11.1. The minimum Gasteiger partial charge on any atom is -0.497 e. The highest BCUT2D eigenvalue weighted by Crippen LogP contribution is 2.21. The fraction of sp³-hybridized carbons (Fsp3) is 0.474. The first-order valence-corrected chi connectivity index (χ1v) is 9.02. The van der Waals surface area contributed by atoms with E-state index in [1.54, 1.807) is 18.8 Å². The van der Waals surface area contributed by atoms with E-state index in [1.165, 1.54) is 0 Å². The lowest BCUT2D eigenvalue weighted by Gasteiger charge is -2.34. The first-order valence-electron chi connectivity index (χ1n) is 9.02. The molecule has 1 fully saturated rings. The summed E-state index contributed by atoms with van der Waals surface area (Å²) in [6, 6.07) is 7.56. The smallest absolute Gasteiger partial charge is 0.193 e. The highest BCUT2D eigenvalue weighted by molar-refractivity contribution is 14.0. The molecule has 0 aliphatic carbocycles. The Balaban J connectivity index is 0.00000280. The van der Waals surface area contributed by atoms with Crippen LogP contribution in [0.4, 0.5) is 0 Å². The number of benzene rings is 1. The second-order valence-electron chi connectivity index (χ2n) is 6.25. The van der Waals surface area contributed by atoms with Gasteiger partial charge in [0.25, 0.3) is 0 Å². The van der Waals surface area contributed by atoms with Crippen molar-refractivity contribution in [2.75, 3.05) is 47.0 Å². The Kier molecular flexibility index (Phi) is 8.84. The number of aliphatic imine (C=N–C) groups is 1. The fourth-order valence-corrected chi connectivity index (χ4v) is 2.99. The van der Waals surface area contributed by atoms with Crippen LogP contribution in [0.15, 0.2) is 41.7 Å². The van der Waals surface area contributed by atoms with Gasteiger partial charge in [-0.3, -0.25) is 9.67 Å². The van der Waals surface area contributed by atoms with Crippen molar-refractivity contribution in [2.24, 2.45) is 12.0 Å². The average molecular weight is 501 g/mol. The third-order valence-electron chi connectivity index (χ3n) is 4.39. The molecule has 9 heteroatoms. The summed E-state index contributed by atoms with van der Waals surface area (Å²) < 4.78 is 18.6. The molecule has 1 aliphatic rings. The number of ether oxygens (including phenoxy) is 3. The quantitative estimate of drug-likeness (QED) is 0.283. The molecule has 1 aromatic carbocycles. The van der Waals surface area contributed by atoms with Crippen LogP contribution in [0.5, 0.6) is 11.5 Å². The molecule has 0 saturated carbocycles. The molecule has 1 N–H and O–H groups in total. The highest BCUT2D eigenvalue weighted by atomic mass is 127. The van der Waals surface area contributed by atoms with Crippen molar-refractivity contribution in [1.29, 1.82) is 0 Å². The minimum atomic E-state index is 0. The number of guanidine groups is 1. The average Bonchev–Trinajstić information content (AvgIpc) is 3.15. The van der Waals surface area contributed by atoms with Gasteiger partial charge in [0.1, 0.15) is 24.2 Å². The third-order valence-corrected chi connectivity index (χ3v) is 4.39. The van der Waals surface area contributed by atoms with Crippen LogP contribution < -0.4 is 14.8 Å². The van der Waals surface area contributed by atoms with Gasteiger partial charge in [-0.15, -0.1) is 24.0 Å². The first kappa shape index (κ1) is 22.3. The van der Waals surface area contributed by atoms with E-state index in [2.05, 4.69) is 20.3 Å². The topological polar surface area (TPSA) is 73.1 Å². The van der Waals surface area contributed by atoms with E-state index in [4.69, 9.17) is 14.2 Å². The van der Waals surface area contributed by atoms with Crippen LogP contribution in [0.1, 0.15) is 11.7 Å². The predicted molar refractivity (Wildman–Crippen MR) is 119 cm³/mol. The molecular weight excluding hydrogens is 473 g/mol. The summed E-state index contributed by atoms with van der Waals surface area (Å²) in [6.07, 6.45) is 3.85. The first-order chi connectivity index (χ1) is 13.2. The van der Waals surface area contributed by atoms with Gasteiger partial charge in [0.2, 0.25) is 0 Å². The summed E-state index contributed by atoms with van der Waals surface area (Å²) in [5.74, 6) is 2.48. The van der Waals surface area contributed by atoms with Crippen molar-refractivity contribution in [1.82, 2.24) is 20.0 Å². The number of aromatic nitrogens is 2. The Labute approximate surface area is 182 Å². The molecule has 1 atom stereocenters. The van der Waals surface area contributed by atoms with Gasteiger partial charge in [-0.1, -0.05) is 0 Å². The van der Waals surface area contributed by atoms with Crippen molar-refractivity contribution in [3.05, 3.63) is 42.2 Å². The van der Waals surface area contributed by atoms with Crippen LogP contribution in [0, 0.1) is 0 Å². The van der Waals surface area contributed by atoms with Gasteiger partial charge in [-0.25, -0.2) is 0 Å². The fourth-order valence-electron chi connectivity index (χ4n) is 2.99. The Bertz CT molecular complexity index is 750. The maximum Gasteiger partial charge on any atom is 0.193 e. The number of methoxy groups -OCH3 is 1. The molecule has 0 radical (unpaired) electrons. The van der Waals surface area contributed by atoms with E-state index in [0.717, 1.165) is 36.1 Å². The number of nitrogens with zero attached hydrogens (tertiary/aromatic N) is 4. The number of nitrogens with one attached hydrogen (secondary N) is 1. The number of aryl methyl sites for hydroxylation is 1. The number of halogens is 1. The summed E-state index contributed by atoms with van der Waals surface area (Å²) in [7, 11) is 5.35. The Morgan fingerprint density at radius 2 is 2.07 bits per heavy atom. The third kappa shape index (κ3) is 5.99. The van der Waals surface area contributed by atoms with Crippen molar-refractivity contribution in [3.8, 4) is 11.5 Å². The van der Waals surface area contributed by atoms with Gasteiger partial charge >= 0.3 is 0 Å². The Morgan fingerprint density at radius 3 is 2.71 bits per heavy atom. The summed E-state index contributed by atoms with van der Waals surface area (Å²) in [4.78, 5) is 6.60. The van der Waals surface area contributed by atoms with Gasteiger partial charge in [-0.2, -0.15) is 5.10 Å². The molecule has 1 aromatic heterocycles. The molecule has 2 aromatic rings. The van der Waals surface area contributed by atoms with Gasteiger partial charge in [0.15, 0.2) is 5.96 Å². The number of morpholine rings is 1. The maximum absolute atomic E-state index is 5.89. The number of rotatable bonds is 6. The zero-order chi connectivity index (χ0) is 19.1. The Hall–Kier alpha value is -2.01. The van der Waals surface area contributed by atoms with Crippen LogP contribution in [0.3, 0.4) is 0 Å². The predicted octanol–water partition coefficient (Wildman–Crippen LogP) is 2.07. The second-order valence-corrected chi connectivity index (χ2v) is 6.25. The van der Waals surface area contributed by atoms with E-state index in [1.807, 2.05) is 43.7 Å². The molecule has 3 rings (SSSR count). The van der Waals surface area contributed by atoms with Crippen molar-refractivity contribution < 1.29 is 14.2 Å². The molecule has 28 heavy (non-hydrogen) atoms. The van der Waals surface area contributed by atoms with Crippen LogP contribution >= 0.6 is 24.0 Å². The lowest BCUT2D eigenvalue weighted by molar-refractivity contribution is -0.00805. The SMILES string of the molecule is CN=C(NCCOc1ccc(OC)cc1)N1CCOC(c2cnn(C)c2)C1.I. The summed E-state index contributed by atoms with van der Waals surface area (Å²) in [6.45, 7) is 3.40. The summed E-state index contributed by atoms with van der Waals surface area (Å²) in [5.41, 5.74) is 1.08. The van der Waals surface area contributed by atoms with Crippen LogP contribution in [-0.2, 0) is 11.8 Å². The lowest BCUT2D eigenvalue weighted by atomic mass is 10.1. The molecule has 154 valence electrons. The van der Waals surface area contributed by atoms with Crippen LogP contribution in [-0.4, -0.2) is 67.6 Å². The van der Waals surface area contributed by atoms with E-state index in [9.17, 15) is 0 Å². The van der Waals surface area contributed by atoms with E-state index >= 15 is 0 Å². The van der Waals surface area contributed by atoms with Gasteiger partial charge in [0, 0.05) is 32.4 Å². The Morgan fingerprint density at radius 1 is 1.32 bits per heavy atom. The normalized spacial score (nSPS) is 17.0. The largest absolute Gasteiger partial charge is 0.497 e.